The number of carbonyl (C=O) groups excluding carboxylic acids is 1. The molecular weight excluding hydrogens is 200 g/mol. The van der Waals surface area contributed by atoms with Gasteiger partial charge in [0.2, 0.25) is 0 Å². The van der Waals surface area contributed by atoms with Crippen molar-refractivity contribution in [3.05, 3.63) is 0 Å². The Morgan fingerprint density at radius 3 is 2.56 bits per heavy atom. The molecule has 1 rings (SSSR count). The standard InChI is InChI=1S/C14H26O2/c1-5-16-14(10(2)3)13(15)12-8-6-7-11(4)9-12/h10-12,14H,5-9H2,1-4H3. The fraction of sp³-hybridized carbons (Fsp3) is 0.929. The molecular formula is C14H26O2. The lowest BCUT2D eigenvalue weighted by molar-refractivity contribution is -0.138. The summed E-state index contributed by atoms with van der Waals surface area (Å²) < 4.78 is 5.60. The first kappa shape index (κ1) is 13.7. The molecule has 0 amide bonds. The van der Waals surface area contributed by atoms with Crippen LogP contribution >= 0.6 is 0 Å². The average molecular weight is 226 g/mol. The molecule has 0 heterocycles. The second-order valence-corrected chi connectivity index (χ2v) is 5.49. The second-order valence-electron chi connectivity index (χ2n) is 5.49. The number of ketones is 1. The summed E-state index contributed by atoms with van der Waals surface area (Å²) >= 11 is 0. The topological polar surface area (TPSA) is 26.3 Å². The minimum Gasteiger partial charge on any atom is -0.370 e. The molecule has 0 bridgehead atoms. The van der Waals surface area contributed by atoms with Crippen LogP contribution in [0.3, 0.4) is 0 Å². The summed E-state index contributed by atoms with van der Waals surface area (Å²) in [7, 11) is 0. The largest absolute Gasteiger partial charge is 0.370 e. The van der Waals surface area contributed by atoms with Crippen LogP contribution in [0, 0.1) is 17.8 Å². The van der Waals surface area contributed by atoms with Crippen molar-refractivity contribution in [2.24, 2.45) is 17.8 Å². The molecule has 2 heteroatoms. The summed E-state index contributed by atoms with van der Waals surface area (Å²) in [4.78, 5) is 12.4. The van der Waals surface area contributed by atoms with E-state index in [1.807, 2.05) is 6.92 Å². The summed E-state index contributed by atoms with van der Waals surface area (Å²) in [6, 6.07) is 0. The molecule has 0 aromatic carbocycles. The Kier molecular flexibility index (Phi) is 5.47. The second kappa shape index (κ2) is 6.39. The Morgan fingerprint density at radius 2 is 2.06 bits per heavy atom. The van der Waals surface area contributed by atoms with E-state index in [4.69, 9.17) is 4.74 Å². The molecule has 0 aliphatic heterocycles. The predicted molar refractivity (Wildman–Crippen MR) is 66.4 cm³/mol. The SMILES string of the molecule is CCOC(C(=O)C1CCCC(C)C1)C(C)C. The van der Waals surface area contributed by atoms with Crippen molar-refractivity contribution >= 4 is 5.78 Å². The first-order chi connectivity index (χ1) is 7.56. The van der Waals surface area contributed by atoms with Gasteiger partial charge in [-0.05, 0) is 31.6 Å². The first-order valence-electron chi connectivity index (χ1n) is 6.71. The van der Waals surface area contributed by atoms with Gasteiger partial charge in [-0.1, -0.05) is 33.6 Å². The van der Waals surface area contributed by atoms with Crippen molar-refractivity contribution in [1.82, 2.24) is 0 Å². The Balaban J connectivity index is 2.58. The molecule has 0 spiro atoms. The maximum atomic E-state index is 12.4. The minimum atomic E-state index is -0.180. The van der Waals surface area contributed by atoms with Gasteiger partial charge < -0.3 is 4.74 Å². The monoisotopic (exact) mass is 226 g/mol. The van der Waals surface area contributed by atoms with Crippen LogP contribution in [0.2, 0.25) is 0 Å². The Morgan fingerprint density at radius 1 is 1.38 bits per heavy atom. The van der Waals surface area contributed by atoms with Crippen molar-refractivity contribution in [2.45, 2.75) is 59.5 Å². The normalized spacial score (nSPS) is 28.1. The van der Waals surface area contributed by atoms with Gasteiger partial charge in [-0.3, -0.25) is 4.79 Å². The molecule has 3 unspecified atom stereocenters. The summed E-state index contributed by atoms with van der Waals surface area (Å²) in [5.41, 5.74) is 0. The zero-order chi connectivity index (χ0) is 12.1. The van der Waals surface area contributed by atoms with Crippen LogP contribution in [-0.2, 0) is 9.53 Å². The zero-order valence-corrected chi connectivity index (χ0v) is 11.2. The lowest BCUT2D eigenvalue weighted by Gasteiger charge is -2.30. The molecule has 94 valence electrons. The van der Waals surface area contributed by atoms with Gasteiger partial charge in [-0.15, -0.1) is 0 Å². The highest BCUT2D eigenvalue weighted by Gasteiger charge is 2.32. The lowest BCUT2D eigenvalue weighted by Crippen LogP contribution is -2.36. The van der Waals surface area contributed by atoms with E-state index in [1.165, 1.54) is 12.8 Å². The van der Waals surface area contributed by atoms with Crippen molar-refractivity contribution in [1.29, 1.82) is 0 Å². The van der Waals surface area contributed by atoms with Gasteiger partial charge in [-0.25, -0.2) is 0 Å². The van der Waals surface area contributed by atoms with E-state index in [1.54, 1.807) is 0 Å². The fourth-order valence-electron chi connectivity index (χ4n) is 2.71. The highest BCUT2D eigenvalue weighted by Crippen LogP contribution is 2.31. The molecule has 1 fully saturated rings. The van der Waals surface area contributed by atoms with Gasteiger partial charge in [-0.2, -0.15) is 0 Å². The van der Waals surface area contributed by atoms with E-state index in [9.17, 15) is 4.79 Å². The molecule has 0 aromatic rings. The number of hydrogen-bond acceptors (Lipinski definition) is 2. The van der Waals surface area contributed by atoms with Gasteiger partial charge >= 0.3 is 0 Å². The maximum absolute atomic E-state index is 12.4. The van der Waals surface area contributed by atoms with Crippen LogP contribution in [0.15, 0.2) is 0 Å². The smallest absolute Gasteiger partial charge is 0.164 e. The molecule has 0 radical (unpaired) electrons. The maximum Gasteiger partial charge on any atom is 0.164 e. The lowest BCUT2D eigenvalue weighted by atomic mass is 9.78. The highest BCUT2D eigenvalue weighted by atomic mass is 16.5. The van der Waals surface area contributed by atoms with Crippen molar-refractivity contribution < 1.29 is 9.53 Å². The van der Waals surface area contributed by atoms with Crippen LogP contribution in [0.4, 0.5) is 0 Å². The van der Waals surface area contributed by atoms with Crippen molar-refractivity contribution in [2.75, 3.05) is 6.61 Å². The van der Waals surface area contributed by atoms with E-state index >= 15 is 0 Å². The molecule has 1 aliphatic rings. The average Bonchev–Trinajstić information content (AvgIpc) is 2.24. The summed E-state index contributed by atoms with van der Waals surface area (Å²) in [5.74, 6) is 1.60. The van der Waals surface area contributed by atoms with Crippen LogP contribution in [0.5, 0.6) is 0 Å². The van der Waals surface area contributed by atoms with Crippen LogP contribution in [0.1, 0.15) is 53.4 Å². The van der Waals surface area contributed by atoms with Crippen molar-refractivity contribution in [3.8, 4) is 0 Å². The van der Waals surface area contributed by atoms with E-state index in [0.717, 1.165) is 12.8 Å². The minimum absolute atomic E-state index is 0.180. The molecule has 0 aromatic heterocycles. The Hall–Kier alpha value is -0.370. The molecule has 1 saturated carbocycles. The van der Waals surface area contributed by atoms with E-state index in [2.05, 4.69) is 20.8 Å². The molecule has 3 atom stereocenters. The number of hydrogen-bond donors (Lipinski definition) is 0. The quantitative estimate of drug-likeness (QED) is 0.717. The summed E-state index contributed by atoms with van der Waals surface area (Å²) in [6.45, 7) is 9.00. The van der Waals surface area contributed by atoms with Crippen LogP contribution < -0.4 is 0 Å². The zero-order valence-electron chi connectivity index (χ0n) is 11.2. The van der Waals surface area contributed by atoms with Crippen molar-refractivity contribution in [3.63, 3.8) is 0 Å². The number of rotatable bonds is 5. The molecule has 2 nitrogen and oxygen atoms in total. The number of Topliss-reactive ketones (excluding diaryl/α,β-unsaturated/α-hetero) is 1. The summed E-state index contributed by atoms with van der Waals surface area (Å²) in [5, 5.41) is 0. The van der Waals surface area contributed by atoms with E-state index in [0.29, 0.717) is 24.2 Å². The Bertz CT molecular complexity index is 223. The number of ether oxygens (including phenoxy) is 1. The number of carbonyl (C=O) groups is 1. The van der Waals surface area contributed by atoms with Crippen LogP contribution in [-0.4, -0.2) is 18.5 Å². The predicted octanol–water partition coefficient (Wildman–Crippen LogP) is 3.44. The van der Waals surface area contributed by atoms with Gasteiger partial charge in [0.05, 0.1) is 0 Å². The third-order valence-electron chi connectivity index (χ3n) is 3.57. The highest BCUT2D eigenvalue weighted by molar-refractivity contribution is 5.85. The van der Waals surface area contributed by atoms with Gasteiger partial charge in [0.1, 0.15) is 6.10 Å². The van der Waals surface area contributed by atoms with Crippen LogP contribution in [0.25, 0.3) is 0 Å². The van der Waals surface area contributed by atoms with Gasteiger partial charge in [0, 0.05) is 12.5 Å². The molecule has 0 saturated heterocycles. The molecule has 1 aliphatic carbocycles. The van der Waals surface area contributed by atoms with Gasteiger partial charge in [0.25, 0.3) is 0 Å². The molecule has 0 N–H and O–H groups in total. The fourth-order valence-corrected chi connectivity index (χ4v) is 2.71. The molecule has 16 heavy (non-hydrogen) atoms. The summed E-state index contributed by atoms with van der Waals surface area (Å²) in [6.07, 6.45) is 4.44. The Labute approximate surface area is 99.8 Å². The van der Waals surface area contributed by atoms with E-state index < -0.39 is 0 Å². The van der Waals surface area contributed by atoms with E-state index in [-0.39, 0.29) is 12.0 Å². The van der Waals surface area contributed by atoms with Gasteiger partial charge in [0.15, 0.2) is 5.78 Å². The first-order valence-corrected chi connectivity index (χ1v) is 6.71. The third-order valence-corrected chi connectivity index (χ3v) is 3.57. The third kappa shape index (κ3) is 3.58.